The number of ether oxygens (including phenoxy) is 2. The zero-order chi connectivity index (χ0) is 27.1. The molecule has 0 atom stereocenters. The van der Waals surface area contributed by atoms with Gasteiger partial charge in [0.15, 0.2) is 5.69 Å². The van der Waals surface area contributed by atoms with E-state index in [2.05, 4.69) is 10.3 Å². The number of sulfonamides is 1. The predicted octanol–water partition coefficient (Wildman–Crippen LogP) is -0.01000. The van der Waals surface area contributed by atoms with Crippen LogP contribution >= 0.6 is 0 Å². The number of rotatable bonds is 5. The molecule has 1 amide bonds. The summed E-state index contributed by atoms with van der Waals surface area (Å²) in [6, 6.07) is 3.33. The Hall–Kier alpha value is -2.91. The minimum absolute atomic E-state index is 0.164. The topological polar surface area (TPSA) is 143 Å². The number of amides is 1. The van der Waals surface area contributed by atoms with Crippen LogP contribution in [0.3, 0.4) is 0 Å². The van der Waals surface area contributed by atoms with Crippen LogP contribution in [0.15, 0.2) is 27.9 Å². The Bertz CT molecular complexity index is 1400. The van der Waals surface area contributed by atoms with Gasteiger partial charge in [0.2, 0.25) is 15.8 Å². The highest BCUT2D eigenvalue weighted by atomic mass is 32.2. The van der Waals surface area contributed by atoms with Crippen LogP contribution in [0.25, 0.3) is 0 Å². The molecule has 0 unspecified atom stereocenters. The standard InChI is InChI=1S/C24H30FN5O7S/c1-28-6-8-29(9-7-28)38(34,35)18-14-17(25)3-2-16(18)15-26-21(32)19-20(31)22(33)30-10-13-37-24(23(30)27-19)4-11-36-12-5-24/h2-3,14,31H,4-13,15H2,1H3,(H,26,32). The van der Waals surface area contributed by atoms with Crippen molar-refractivity contribution in [2.75, 3.05) is 53.0 Å². The van der Waals surface area contributed by atoms with E-state index in [4.69, 9.17) is 9.47 Å². The second-order valence-corrected chi connectivity index (χ2v) is 11.6. The predicted molar refractivity (Wildman–Crippen MR) is 132 cm³/mol. The molecule has 0 saturated carbocycles. The number of nitrogens with zero attached hydrogens (tertiary/aromatic N) is 4. The summed E-state index contributed by atoms with van der Waals surface area (Å²) in [6.45, 7) is 2.53. The van der Waals surface area contributed by atoms with Gasteiger partial charge in [-0.3, -0.25) is 14.2 Å². The van der Waals surface area contributed by atoms with E-state index in [9.17, 15) is 27.5 Å². The maximum Gasteiger partial charge on any atom is 0.296 e. The Morgan fingerprint density at radius 3 is 2.58 bits per heavy atom. The fraction of sp³-hybridized carbons (Fsp3) is 0.542. The van der Waals surface area contributed by atoms with Crippen molar-refractivity contribution in [3.63, 3.8) is 0 Å². The van der Waals surface area contributed by atoms with Crippen LogP contribution in [-0.4, -0.2) is 91.2 Å². The van der Waals surface area contributed by atoms with Gasteiger partial charge in [0, 0.05) is 58.8 Å². The van der Waals surface area contributed by atoms with E-state index in [1.54, 1.807) is 0 Å². The number of fused-ring (bicyclic) bond motifs is 2. The number of benzene rings is 1. The normalized spacial score (nSPS) is 20.3. The molecule has 2 aromatic rings. The van der Waals surface area contributed by atoms with Gasteiger partial charge >= 0.3 is 0 Å². The minimum Gasteiger partial charge on any atom is -0.501 e. The largest absolute Gasteiger partial charge is 0.501 e. The van der Waals surface area contributed by atoms with Crippen molar-refractivity contribution in [2.45, 2.75) is 36.4 Å². The molecule has 3 aliphatic rings. The summed E-state index contributed by atoms with van der Waals surface area (Å²) >= 11 is 0. The van der Waals surface area contributed by atoms with Crippen LogP contribution in [0, 0.1) is 5.82 Å². The smallest absolute Gasteiger partial charge is 0.296 e. The van der Waals surface area contributed by atoms with Crippen molar-refractivity contribution >= 4 is 15.9 Å². The molecule has 12 nitrogen and oxygen atoms in total. The number of aromatic nitrogens is 2. The molecule has 1 aromatic heterocycles. The quantitative estimate of drug-likeness (QED) is 0.524. The number of carbonyl (C=O) groups is 1. The highest BCUT2D eigenvalue weighted by Gasteiger charge is 2.43. The van der Waals surface area contributed by atoms with Crippen LogP contribution in [0.2, 0.25) is 0 Å². The molecule has 0 aliphatic carbocycles. The van der Waals surface area contributed by atoms with Crippen molar-refractivity contribution in [2.24, 2.45) is 0 Å². The van der Waals surface area contributed by atoms with E-state index in [0.717, 1.165) is 12.1 Å². The fourth-order valence-corrected chi connectivity index (χ4v) is 6.72. The van der Waals surface area contributed by atoms with E-state index >= 15 is 0 Å². The van der Waals surface area contributed by atoms with Crippen LogP contribution in [0.4, 0.5) is 4.39 Å². The highest BCUT2D eigenvalue weighted by Crippen LogP contribution is 2.37. The zero-order valence-electron chi connectivity index (χ0n) is 21.0. The first kappa shape index (κ1) is 26.7. The summed E-state index contributed by atoms with van der Waals surface area (Å²) in [5.41, 5.74) is -1.98. The van der Waals surface area contributed by atoms with E-state index in [-0.39, 0.29) is 49.1 Å². The molecular weight excluding hydrogens is 521 g/mol. The van der Waals surface area contributed by atoms with Crippen LogP contribution in [0.5, 0.6) is 5.75 Å². The summed E-state index contributed by atoms with van der Waals surface area (Å²) in [5, 5.41) is 13.1. The maximum absolute atomic E-state index is 14.1. The average Bonchev–Trinajstić information content (AvgIpc) is 2.91. The Morgan fingerprint density at radius 2 is 1.87 bits per heavy atom. The number of halogens is 1. The molecule has 4 heterocycles. The number of aromatic hydroxyl groups is 1. The Morgan fingerprint density at radius 1 is 1.16 bits per heavy atom. The molecule has 1 aromatic carbocycles. The van der Waals surface area contributed by atoms with Crippen LogP contribution < -0.4 is 10.9 Å². The van der Waals surface area contributed by atoms with Crippen molar-refractivity contribution in [1.82, 2.24) is 24.1 Å². The average molecular weight is 552 g/mol. The number of hydrogen-bond acceptors (Lipinski definition) is 9. The molecule has 0 bridgehead atoms. The molecule has 2 N–H and O–H groups in total. The van der Waals surface area contributed by atoms with Gasteiger partial charge in [-0.2, -0.15) is 4.31 Å². The molecule has 5 rings (SSSR count). The fourth-order valence-electron chi connectivity index (χ4n) is 5.07. The molecule has 3 aliphatic heterocycles. The van der Waals surface area contributed by atoms with Crippen molar-refractivity contribution < 1.29 is 32.2 Å². The summed E-state index contributed by atoms with van der Waals surface area (Å²) in [4.78, 5) is 32.2. The van der Waals surface area contributed by atoms with Crippen molar-refractivity contribution in [1.29, 1.82) is 0 Å². The van der Waals surface area contributed by atoms with E-state index in [1.807, 2.05) is 11.9 Å². The lowest BCUT2D eigenvalue weighted by Crippen LogP contribution is -2.48. The van der Waals surface area contributed by atoms with Gasteiger partial charge in [-0.1, -0.05) is 6.07 Å². The molecular formula is C24H30FN5O7S. The van der Waals surface area contributed by atoms with Crippen molar-refractivity contribution in [3.05, 3.63) is 51.5 Å². The van der Waals surface area contributed by atoms with Crippen molar-refractivity contribution in [3.8, 4) is 5.75 Å². The zero-order valence-corrected chi connectivity index (χ0v) is 21.8. The van der Waals surface area contributed by atoms with Crippen LogP contribution in [-0.2, 0) is 38.2 Å². The number of carbonyl (C=O) groups excluding carboxylic acids is 1. The minimum atomic E-state index is -4.03. The van der Waals surface area contributed by atoms with Gasteiger partial charge in [0.05, 0.1) is 18.0 Å². The highest BCUT2D eigenvalue weighted by molar-refractivity contribution is 7.89. The third-order valence-corrected chi connectivity index (χ3v) is 9.29. The first-order chi connectivity index (χ1) is 18.1. The Balaban J connectivity index is 1.42. The molecule has 0 radical (unpaired) electrons. The lowest BCUT2D eigenvalue weighted by atomic mass is 9.91. The summed E-state index contributed by atoms with van der Waals surface area (Å²) < 4.78 is 54.8. The summed E-state index contributed by atoms with van der Waals surface area (Å²) in [7, 11) is -2.14. The van der Waals surface area contributed by atoms with Crippen LogP contribution in [0.1, 0.15) is 34.7 Å². The van der Waals surface area contributed by atoms with Gasteiger partial charge in [-0.15, -0.1) is 0 Å². The summed E-state index contributed by atoms with van der Waals surface area (Å²) in [6.07, 6.45) is 0.878. The lowest BCUT2D eigenvalue weighted by molar-refractivity contribution is -0.139. The number of nitrogens with one attached hydrogen (secondary N) is 1. The van der Waals surface area contributed by atoms with Gasteiger partial charge in [0.25, 0.3) is 11.5 Å². The molecule has 2 fully saturated rings. The first-order valence-electron chi connectivity index (χ1n) is 12.4. The Labute approximate surface area is 219 Å². The number of piperazine rings is 1. The first-order valence-corrected chi connectivity index (χ1v) is 13.9. The molecule has 38 heavy (non-hydrogen) atoms. The van der Waals surface area contributed by atoms with E-state index in [0.29, 0.717) is 39.1 Å². The molecule has 1 spiro atoms. The second kappa shape index (κ2) is 10.3. The second-order valence-electron chi connectivity index (χ2n) is 9.69. The lowest BCUT2D eigenvalue weighted by Gasteiger charge is -2.40. The maximum atomic E-state index is 14.1. The third kappa shape index (κ3) is 4.82. The number of likely N-dealkylation sites (N-methyl/N-ethyl adjacent to an activating group) is 1. The SMILES string of the molecule is CN1CCN(S(=O)(=O)c2cc(F)ccc2CNC(=O)c2nc3n(c(=O)c2O)CCOC32CCOCC2)CC1. The number of hydrogen-bond donors (Lipinski definition) is 2. The molecule has 14 heteroatoms. The van der Waals surface area contributed by atoms with Gasteiger partial charge < -0.3 is 24.8 Å². The van der Waals surface area contributed by atoms with Gasteiger partial charge in [-0.25, -0.2) is 17.8 Å². The van der Waals surface area contributed by atoms with E-state index < -0.39 is 44.4 Å². The summed E-state index contributed by atoms with van der Waals surface area (Å²) in [5.74, 6) is -2.15. The molecule has 206 valence electrons. The third-order valence-electron chi connectivity index (χ3n) is 7.31. The van der Waals surface area contributed by atoms with E-state index in [1.165, 1.54) is 14.9 Å². The van der Waals surface area contributed by atoms with Gasteiger partial charge in [0.1, 0.15) is 17.2 Å². The van der Waals surface area contributed by atoms with Gasteiger partial charge in [-0.05, 0) is 24.7 Å². The monoisotopic (exact) mass is 551 g/mol. The molecule has 2 saturated heterocycles. The Kier molecular flexibility index (Phi) is 7.26.